The highest BCUT2D eigenvalue weighted by atomic mass is 79.9. The van der Waals surface area contributed by atoms with Gasteiger partial charge in [-0.25, -0.2) is 8.42 Å². The maximum Gasteiger partial charge on any atom is 0.152 e. The van der Waals surface area contributed by atoms with E-state index in [9.17, 15) is 8.42 Å². The van der Waals surface area contributed by atoms with Crippen molar-refractivity contribution in [1.82, 2.24) is 5.32 Å². The van der Waals surface area contributed by atoms with Gasteiger partial charge in [0.2, 0.25) is 0 Å². The molecule has 0 amide bonds. The van der Waals surface area contributed by atoms with Crippen LogP contribution in [0.3, 0.4) is 0 Å². The molecule has 1 aromatic carbocycles. The Morgan fingerprint density at radius 2 is 2.29 bits per heavy atom. The summed E-state index contributed by atoms with van der Waals surface area (Å²) in [6.07, 6.45) is 5.84. The quantitative estimate of drug-likeness (QED) is 0.805. The minimum absolute atomic E-state index is 0.175. The van der Waals surface area contributed by atoms with Crippen LogP contribution in [0.25, 0.3) is 0 Å². The molecule has 0 aliphatic carbocycles. The standard InChI is InChI=1S/C15H18BrNO3S/c1-3-7-20-14-5-4-13(16)9-12(14)10-17-15(2)6-8-21(18,19)11-15/h1,4-5,9,17H,6-8,10-11H2,2H3. The summed E-state index contributed by atoms with van der Waals surface area (Å²) in [5, 5.41) is 3.34. The summed E-state index contributed by atoms with van der Waals surface area (Å²) in [4.78, 5) is 0. The van der Waals surface area contributed by atoms with Gasteiger partial charge in [-0.05, 0) is 31.5 Å². The first-order valence-corrected chi connectivity index (χ1v) is 9.25. The van der Waals surface area contributed by atoms with Crippen molar-refractivity contribution >= 4 is 25.8 Å². The molecule has 1 atom stereocenters. The topological polar surface area (TPSA) is 55.4 Å². The van der Waals surface area contributed by atoms with Gasteiger partial charge in [-0.15, -0.1) is 6.42 Å². The number of nitrogens with one attached hydrogen (secondary N) is 1. The highest BCUT2D eigenvalue weighted by Gasteiger charge is 2.37. The van der Waals surface area contributed by atoms with Gasteiger partial charge in [-0.3, -0.25) is 0 Å². The molecular weight excluding hydrogens is 354 g/mol. The second-order valence-electron chi connectivity index (χ2n) is 5.50. The molecular formula is C15H18BrNO3S. The lowest BCUT2D eigenvalue weighted by Crippen LogP contribution is -2.42. The highest BCUT2D eigenvalue weighted by Crippen LogP contribution is 2.27. The average Bonchev–Trinajstić information content (AvgIpc) is 2.70. The smallest absolute Gasteiger partial charge is 0.152 e. The van der Waals surface area contributed by atoms with Crippen LogP contribution in [-0.2, 0) is 16.4 Å². The van der Waals surface area contributed by atoms with E-state index in [4.69, 9.17) is 11.2 Å². The Morgan fingerprint density at radius 1 is 1.52 bits per heavy atom. The third-order valence-corrected chi connectivity index (χ3v) is 5.94. The fraction of sp³-hybridized carbons (Fsp3) is 0.467. The van der Waals surface area contributed by atoms with Crippen molar-refractivity contribution in [2.45, 2.75) is 25.4 Å². The molecule has 1 aliphatic rings. The van der Waals surface area contributed by atoms with Gasteiger partial charge in [0.1, 0.15) is 12.4 Å². The predicted octanol–water partition coefficient (Wildman–Crippen LogP) is 2.13. The third-order valence-electron chi connectivity index (χ3n) is 3.54. The minimum atomic E-state index is -2.92. The fourth-order valence-corrected chi connectivity index (χ4v) is 4.94. The zero-order chi connectivity index (χ0) is 15.5. The van der Waals surface area contributed by atoms with Crippen LogP contribution < -0.4 is 10.1 Å². The molecule has 0 bridgehead atoms. The zero-order valence-electron chi connectivity index (χ0n) is 11.9. The molecule has 0 spiro atoms. The summed E-state index contributed by atoms with van der Waals surface area (Å²) in [5.41, 5.74) is 0.565. The predicted molar refractivity (Wildman–Crippen MR) is 87.0 cm³/mol. The molecule has 21 heavy (non-hydrogen) atoms. The molecule has 1 unspecified atom stereocenters. The molecule has 4 nitrogen and oxygen atoms in total. The molecule has 2 rings (SSSR count). The number of benzene rings is 1. The first kappa shape index (κ1) is 16.3. The average molecular weight is 372 g/mol. The Balaban J connectivity index is 2.09. The van der Waals surface area contributed by atoms with Gasteiger partial charge in [0, 0.05) is 22.1 Å². The maximum atomic E-state index is 11.6. The van der Waals surface area contributed by atoms with E-state index in [0.29, 0.717) is 18.7 Å². The first-order chi connectivity index (χ1) is 9.84. The second kappa shape index (κ2) is 6.39. The van der Waals surface area contributed by atoms with E-state index >= 15 is 0 Å². The number of rotatable bonds is 5. The number of ether oxygens (including phenoxy) is 1. The summed E-state index contributed by atoms with van der Waals surface area (Å²) in [6, 6.07) is 5.69. The number of halogens is 1. The van der Waals surface area contributed by atoms with Gasteiger partial charge in [0.05, 0.1) is 11.5 Å². The molecule has 0 radical (unpaired) electrons. The van der Waals surface area contributed by atoms with Crippen molar-refractivity contribution in [3.05, 3.63) is 28.2 Å². The lowest BCUT2D eigenvalue weighted by atomic mass is 10.0. The van der Waals surface area contributed by atoms with Crippen molar-refractivity contribution in [3.8, 4) is 18.1 Å². The third kappa shape index (κ3) is 4.47. The molecule has 0 aromatic heterocycles. The minimum Gasteiger partial charge on any atom is -0.481 e. The van der Waals surface area contributed by atoms with Gasteiger partial charge < -0.3 is 10.1 Å². The largest absolute Gasteiger partial charge is 0.481 e. The van der Waals surface area contributed by atoms with Crippen LogP contribution in [0.4, 0.5) is 0 Å². The number of hydrogen-bond acceptors (Lipinski definition) is 4. The van der Waals surface area contributed by atoms with Crippen molar-refractivity contribution in [1.29, 1.82) is 0 Å². The van der Waals surface area contributed by atoms with Crippen molar-refractivity contribution in [3.63, 3.8) is 0 Å². The van der Waals surface area contributed by atoms with Gasteiger partial charge in [-0.2, -0.15) is 0 Å². The van der Waals surface area contributed by atoms with E-state index in [1.54, 1.807) is 0 Å². The monoisotopic (exact) mass is 371 g/mol. The van der Waals surface area contributed by atoms with Gasteiger partial charge >= 0.3 is 0 Å². The summed E-state index contributed by atoms with van der Waals surface area (Å²) >= 11 is 3.43. The Labute approximate surface area is 134 Å². The second-order valence-corrected chi connectivity index (χ2v) is 8.60. The van der Waals surface area contributed by atoms with E-state index in [1.807, 2.05) is 25.1 Å². The summed E-state index contributed by atoms with van der Waals surface area (Å²) in [5.74, 6) is 3.58. The Kier molecular flexibility index (Phi) is 4.97. The van der Waals surface area contributed by atoms with Crippen molar-refractivity contribution in [2.75, 3.05) is 18.1 Å². The van der Waals surface area contributed by atoms with Crippen LogP contribution >= 0.6 is 15.9 Å². The maximum absolute atomic E-state index is 11.6. The Morgan fingerprint density at radius 3 is 2.90 bits per heavy atom. The Hall–Kier alpha value is -1.03. The zero-order valence-corrected chi connectivity index (χ0v) is 14.3. The molecule has 1 aromatic rings. The normalized spacial score (nSPS) is 23.7. The van der Waals surface area contributed by atoms with Crippen LogP contribution in [0.5, 0.6) is 5.75 Å². The van der Waals surface area contributed by atoms with Gasteiger partial charge in [0.25, 0.3) is 0 Å². The van der Waals surface area contributed by atoms with Gasteiger partial charge in [-0.1, -0.05) is 21.9 Å². The summed E-state index contributed by atoms with van der Waals surface area (Å²) in [7, 11) is -2.92. The molecule has 1 N–H and O–H groups in total. The first-order valence-electron chi connectivity index (χ1n) is 6.64. The van der Waals surface area contributed by atoms with Crippen LogP contribution in [0.2, 0.25) is 0 Å². The van der Waals surface area contributed by atoms with E-state index in [1.165, 1.54) is 0 Å². The molecule has 1 saturated heterocycles. The molecule has 0 saturated carbocycles. The summed E-state index contributed by atoms with van der Waals surface area (Å²) in [6.45, 7) is 2.68. The van der Waals surface area contributed by atoms with Crippen molar-refractivity contribution < 1.29 is 13.2 Å². The Bertz CT molecular complexity index is 666. The molecule has 1 heterocycles. The lowest BCUT2D eigenvalue weighted by molar-refractivity contribution is 0.355. The number of hydrogen-bond donors (Lipinski definition) is 1. The van der Waals surface area contributed by atoms with Crippen molar-refractivity contribution in [2.24, 2.45) is 0 Å². The SMILES string of the molecule is C#CCOc1ccc(Br)cc1CNC1(C)CCS(=O)(=O)C1. The number of sulfone groups is 1. The van der Waals surface area contributed by atoms with E-state index in [-0.39, 0.29) is 23.7 Å². The van der Waals surface area contributed by atoms with Crippen LogP contribution in [0.15, 0.2) is 22.7 Å². The highest BCUT2D eigenvalue weighted by molar-refractivity contribution is 9.10. The van der Waals surface area contributed by atoms with Gasteiger partial charge in [0.15, 0.2) is 9.84 Å². The lowest BCUT2D eigenvalue weighted by Gasteiger charge is -2.24. The van der Waals surface area contributed by atoms with Crippen LogP contribution in [0.1, 0.15) is 18.9 Å². The molecule has 114 valence electrons. The molecule has 1 aliphatic heterocycles. The summed E-state index contributed by atoms with van der Waals surface area (Å²) < 4.78 is 29.7. The van der Waals surface area contributed by atoms with E-state index in [2.05, 4.69) is 27.2 Å². The molecule has 6 heteroatoms. The van der Waals surface area contributed by atoms with E-state index in [0.717, 1.165) is 10.0 Å². The molecule has 1 fully saturated rings. The van der Waals surface area contributed by atoms with Crippen LogP contribution in [0, 0.1) is 12.3 Å². The fourth-order valence-electron chi connectivity index (χ4n) is 2.40. The van der Waals surface area contributed by atoms with Crippen LogP contribution in [-0.4, -0.2) is 32.1 Å². The van der Waals surface area contributed by atoms with E-state index < -0.39 is 9.84 Å². The number of terminal acetylenes is 1.